The standard InChI is InChI=1S/C15H19N3O/c1-11(2)19-13-6-4-12(5-7-13)15(16-3)14-8-9-17-10-18-14/h4-11,15-16H,1-3H3. The summed E-state index contributed by atoms with van der Waals surface area (Å²) in [5.74, 6) is 0.885. The van der Waals surface area contributed by atoms with Crippen molar-refractivity contribution in [2.75, 3.05) is 7.05 Å². The van der Waals surface area contributed by atoms with Crippen LogP contribution in [-0.2, 0) is 0 Å². The molecule has 0 aliphatic heterocycles. The first-order valence-electron chi connectivity index (χ1n) is 6.40. The molecule has 1 heterocycles. The number of benzene rings is 1. The van der Waals surface area contributed by atoms with Gasteiger partial charge in [-0.25, -0.2) is 9.97 Å². The number of nitrogens with zero attached hydrogens (tertiary/aromatic N) is 2. The maximum Gasteiger partial charge on any atom is 0.119 e. The van der Waals surface area contributed by atoms with Gasteiger partial charge in [0.05, 0.1) is 17.8 Å². The second kappa shape index (κ2) is 6.29. The van der Waals surface area contributed by atoms with Crippen LogP contribution in [0.25, 0.3) is 0 Å². The van der Waals surface area contributed by atoms with E-state index in [-0.39, 0.29) is 12.1 Å². The molecule has 0 fully saturated rings. The van der Waals surface area contributed by atoms with Crippen LogP contribution < -0.4 is 10.1 Å². The van der Waals surface area contributed by atoms with Crippen LogP contribution in [0.3, 0.4) is 0 Å². The molecule has 0 bridgehead atoms. The van der Waals surface area contributed by atoms with E-state index in [4.69, 9.17) is 4.74 Å². The predicted molar refractivity (Wildman–Crippen MR) is 75.1 cm³/mol. The van der Waals surface area contributed by atoms with Crippen LogP contribution >= 0.6 is 0 Å². The van der Waals surface area contributed by atoms with Gasteiger partial charge < -0.3 is 10.1 Å². The maximum atomic E-state index is 5.64. The van der Waals surface area contributed by atoms with Gasteiger partial charge in [-0.05, 0) is 44.7 Å². The molecule has 0 saturated carbocycles. The third-order valence-corrected chi connectivity index (χ3v) is 2.77. The zero-order valence-electron chi connectivity index (χ0n) is 11.5. The monoisotopic (exact) mass is 257 g/mol. The van der Waals surface area contributed by atoms with Crippen LogP contribution in [0.5, 0.6) is 5.75 Å². The molecule has 4 heteroatoms. The summed E-state index contributed by atoms with van der Waals surface area (Å²) < 4.78 is 5.64. The molecule has 2 rings (SSSR count). The molecule has 1 aromatic carbocycles. The van der Waals surface area contributed by atoms with Gasteiger partial charge in [0.25, 0.3) is 0 Å². The molecule has 1 unspecified atom stereocenters. The number of aromatic nitrogens is 2. The van der Waals surface area contributed by atoms with Crippen LogP contribution in [0.2, 0.25) is 0 Å². The molecule has 2 aromatic rings. The van der Waals surface area contributed by atoms with Crippen molar-refractivity contribution in [1.29, 1.82) is 0 Å². The highest BCUT2D eigenvalue weighted by atomic mass is 16.5. The lowest BCUT2D eigenvalue weighted by Crippen LogP contribution is -2.18. The van der Waals surface area contributed by atoms with Crippen LogP contribution in [0.4, 0.5) is 0 Å². The average Bonchev–Trinajstić information content (AvgIpc) is 2.42. The average molecular weight is 257 g/mol. The molecular formula is C15H19N3O. The Morgan fingerprint density at radius 1 is 1.11 bits per heavy atom. The topological polar surface area (TPSA) is 47.0 Å². The highest BCUT2D eigenvalue weighted by Crippen LogP contribution is 2.22. The van der Waals surface area contributed by atoms with E-state index in [9.17, 15) is 0 Å². The number of hydrogen-bond donors (Lipinski definition) is 1. The second-order valence-corrected chi connectivity index (χ2v) is 4.59. The highest BCUT2D eigenvalue weighted by molar-refractivity contribution is 5.33. The molecule has 0 saturated heterocycles. The normalized spacial score (nSPS) is 12.4. The summed E-state index contributed by atoms with van der Waals surface area (Å²) in [6.07, 6.45) is 3.51. The molecule has 0 spiro atoms. The molecule has 19 heavy (non-hydrogen) atoms. The first-order valence-corrected chi connectivity index (χ1v) is 6.40. The summed E-state index contributed by atoms with van der Waals surface area (Å²) in [5, 5.41) is 3.26. The van der Waals surface area contributed by atoms with Crippen molar-refractivity contribution in [2.24, 2.45) is 0 Å². The van der Waals surface area contributed by atoms with Crippen LogP contribution in [-0.4, -0.2) is 23.1 Å². The quantitative estimate of drug-likeness (QED) is 0.894. The molecule has 4 nitrogen and oxygen atoms in total. The van der Waals surface area contributed by atoms with E-state index in [1.807, 2.05) is 39.1 Å². The van der Waals surface area contributed by atoms with Crippen molar-refractivity contribution >= 4 is 0 Å². The van der Waals surface area contributed by atoms with Gasteiger partial charge in [0.15, 0.2) is 0 Å². The zero-order valence-corrected chi connectivity index (χ0v) is 11.5. The van der Waals surface area contributed by atoms with Crippen LogP contribution in [0, 0.1) is 0 Å². The Bertz CT molecular complexity index is 497. The van der Waals surface area contributed by atoms with Gasteiger partial charge in [-0.1, -0.05) is 12.1 Å². The van der Waals surface area contributed by atoms with Gasteiger partial charge in [0.1, 0.15) is 12.1 Å². The Morgan fingerprint density at radius 2 is 1.84 bits per heavy atom. The summed E-state index contributed by atoms with van der Waals surface area (Å²) in [6, 6.07) is 10.1. The fraction of sp³-hybridized carbons (Fsp3) is 0.333. The SMILES string of the molecule is CNC(c1ccc(OC(C)C)cc1)c1ccncn1. The Balaban J connectivity index is 2.20. The molecule has 1 atom stereocenters. The molecule has 100 valence electrons. The van der Waals surface area contributed by atoms with Gasteiger partial charge in [-0.2, -0.15) is 0 Å². The number of nitrogens with one attached hydrogen (secondary N) is 1. The van der Waals surface area contributed by atoms with E-state index in [0.29, 0.717) is 0 Å². The Kier molecular flexibility index (Phi) is 4.47. The molecule has 1 N–H and O–H groups in total. The maximum absolute atomic E-state index is 5.64. The minimum atomic E-state index is 0.0658. The van der Waals surface area contributed by atoms with Crippen molar-refractivity contribution < 1.29 is 4.74 Å². The second-order valence-electron chi connectivity index (χ2n) is 4.59. The number of rotatable bonds is 5. The minimum Gasteiger partial charge on any atom is -0.491 e. The lowest BCUT2D eigenvalue weighted by atomic mass is 10.0. The first-order chi connectivity index (χ1) is 9.20. The van der Waals surface area contributed by atoms with Gasteiger partial charge in [-0.3, -0.25) is 0 Å². The zero-order chi connectivity index (χ0) is 13.7. The Labute approximate surface area is 113 Å². The van der Waals surface area contributed by atoms with Gasteiger partial charge >= 0.3 is 0 Å². The number of hydrogen-bond acceptors (Lipinski definition) is 4. The summed E-state index contributed by atoms with van der Waals surface area (Å²) in [4.78, 5) is 8.24. The van der Waals surface area contributed by atoms with E-state index in [1.54, 1.807) is 12.5 Å². The molecule has 0 amide bonds. The van der Waals surface area contributed by atoms with Crippen molar-refractivity contribution in [3.63, 3.8) is 0 Å². The van der Waals surface area contributed by atoms with Gasteiger partial charge in [0, 0.05) is 6.20 Å². The first kappa shape index (κ1) is 13.5. The van der Waals surface area contributed by atoms with Crippen molar-refractivity contribution in [2.45, 2.75) is 26.0 Å². The van der Waals surface area contributed by atoms with Crippen molar-refractivity contribution in [1.82, 2.24) is 15.3 Å². The Morgan fingerprint density at radius 3 is 2.37 bits per heavy atom. The summed E-state index contributed by atoms with van der Waals surface area (Å²) in [5.41, 5.74) is 2.10. The fourth-order valence-corrected chi connectivity index (χ4v) is 1.97. The van der Waals surface area contributed by atoms with E-state index in [0.717, 1.165) is 17.0 Å². The molecule has 0 aliphatic carbocycles. The lowest BCUT2D eigenvalue weighted by Gasteiger charge is -2.17. The van der Waals surface area contributed by atoms with Crippen LogP contribution in [0.1, 0.15) is 31.1 Å². The third kappa shape index (κ3) is 3.51. The van der Waals surface area contributed by atoms with E-state index >= 15 is 0 Å². The molecular weight excluding hydrogens is 238 g/mol. The smallest absolute Gasteiger partial charge is 0.119 e. The van der Waals surface area contributed by atoms with Crippen LogP contribution in [0.15, 0.2) is 42.9 Å². The summed E-state index contributed by atoms with van der Waals surface area (Å²) >= 11 is 0. The van der Waals surface area contributed by atoms with E-state index < -0.39 is 0 Å². The minimum absolute atomic E-state index is 0.0658. The summed E-state index contributed by atoms with van der Waals surface area (Å²) in [7, 11) is 1.92. The molecule has 1 aromatic heterocycles. The van der Waals surface area contributed by atoms with Crippen molar-refractivity contribution in [3.05, 3.63) is 54.1 Å². The van der Waals surface area contributed by atoms with E-state index in [1.165, 1.54) is 0 Å². The summed E-state index contributed by atoms with van der Waals surface area (Å²) in [6.45, 7) is 4.04. The fourth-order valence-electron chi connectivity index (χ4n) is 1.97. The Hall–Kier alpha value is -1.94. The lowest BCUT2D eigenvalue weighted by molar-refractivity contribution is 0.242. The largest absolute Gasteiger partial charge is 0.491 e. The molecule has 0 aliphatic rings. The van der Waals surface area contributed by atoms with Gasteiger partial charge in [-0.15, -0.1) is 0 Å². The predicted octanol–water partition coefficient (Wildman–Crippen LogP) is 2.57. The highest BCUT2D eigenvalue weighted by Gasteiger charge is 2.13. The van der Waals surface area contributed by atoms with Crippen molar-refractivity contribution in [3.8, 4) is 5.75 Å². The van der Waals surface area contributed by atoms with Gasteiger partial charge in [0.2, 0.25) is 0 Å². The third-order valence-electron chi connectivity index (χ3n) is 2.77. The van der Waals surface area contributed by atoms with E-state index in [2.05, 4.69) is 27.4 Å². The molecule has 0 radical (unpaired) electrons. The number of ether oxygens (including phenoxy) is 1.